The minimum absolute atomic E-state index is 0.246. The standard InChI is InChI=1S/C12H19N3O2/c1-16-9-17-12-6-11(7-14-8-12)15-4-2-10(13)3-5-15/h6-8,10H,2-5,9,13H2,1H3. The maximum atomic E-state index is 5.89. The van der Waals surface area contributed by atoms with Crippen LogP contribution in [-0.2, 0) is 4.74 Å². The molecule has 0 bridgehead atoms. The lowest BCUT2D eigenvalue weighted by Gasteiger charge is -2.31. The zero-order valence-electron chi connectivity index (χ0n) is 10.1. The Morgan fingerprint density at radius 1 is 1.41 bits per heavy atom. The highest BCUT2D eigenvalue weighted by Gasteiger charge is 2.16. The summed E-state index contributed by atoms with van der Waals surface area (Å²) >= 11 is 0. The number of hydrogen-bond donors (Lipinski definition) is 1. The third-order valence-electron chi connectivity index (χ3n) is 2.95. The summed E-state index contributed by atoms with van der Waals surface area (Å²) in [5, 5.41) is 0. The number of aromatic nitrogens is 1. The first kappa shape index (κ1) is 12.1. The first-order valence-electron chi connectivity index (χ1n) is 5.87. The van der Waals surface area contributed by atoms with E-state index in [9.17, 15) is 0 Å². The van der Waals surface area contributed by atoms with Crippen LogP contribution in [-0.4, -0.2) is 38.0 Å². The summed E-state index contributed by atoms with van der Waals surface area (Å²) in [4.78, 5) is 6.47. The minimum atomic E-state index is 0.246. The van der Waals surface area contributed by atoms with Crippen molar-refractivity contribution in [3.05, 3.63) is 18.5 Å². The van der Waals surface area contributed by atoms with Crippen LogP contribution in [0.3, 0.4) is 0 Å². The van der Waals surface area contributed by atoms with Crippen LogP contribution in [0, 0.1) is 0 Å². The fourth-order valence-electron chi connectivity index (χ4n) is 1.94. The molecule has 2 heterocycles. The topological polar surface area (TPSA) is 60.6 Å². The first-order chi connectivity index (χ1) is 8.29. The van der Waals surface area contributed by atoms with Crippen LogP contribution in [0.5, 0.6) is 5.75 Å². The molecule has 2 rings (SSSR count). The average molecular weight is 237 g/mol. The molecule has 1 aromatic rings. The van der Waals surface area contributed by atoms with Crippen LogP contribution in [0.2, 0.25) is 0 Å². The second-order valence-corrected chi connectivity index (χ2v) is 4.25. The Kier molecular flexibility index (Phi) is 4.17. The summed E-state index contributed by atoms with van der Waals surface area (Å²) in [6.07, 6.45) is 5.61. The Labute approximate surface area is 102 Å². The van der Waals surface area contributed by atoms with E-state index in [1.807, 2.05) is 12.3 Å². The molecule has 0 spiro atoms. The molecule has 1 fully saturated rings. The molecule has 0 radical (unpaired) electrons. The van der Waals surface area contributed by atoms with Gasteiger partial charge in [-0.15, -0.1) is 0 Å². The molecule has 0 aliphatic carbocycles. The molecular weight excluding hydrogens is 218 g/mol. The molecule has 5 nitrogen and oxygen atoms in total. The molecule has 94 valence electrons. The van der Waals surface area contributed by atoms with Crippen LogP contribution in [0.1, 0.15) is 12.8 Å². The Balaban J connectivity index is 2.00. The minimum Gasteiger partial charge on any atom is -0.466 e. The van der Waals surface area contributed by atoms with Crippen LogP contribution in [0.25, 0.3) is 0 Å². The lowest BCUT2D eigenvalue weighted by Crippen LogP contribution is -2.39. The van der Waals surface area contributed by atoms with E-state index in [1.54, 1.807) is 13.3 Å². The van der Waals surface area contributed by atoms with Gasteiger partial charge in [0.15, 0.2) is 6.79 Å². The van der Waals surface area contributed by atoms with Gasteiger partial charge in [0.1, 0.15) is 5.75 Å². The van der Waals surface area contributed by atoms with E-state index >= 15 is 0 Å². The van der Waals surface area contributed by atoms with Crippen LogP contribution in [0.15, 0.2) is 18.5 Å². The first-order valence-corrected chi connectivity index (χ1v) is 5.87. The van der Waals surface area contributed by atoms with Crippen molar-refractivity contribution >= 4 is 5.69 Å². The van der Waals surface area contributed by atoms with E-state index in [1.165, 1.54) is 0 Å². The highest BCUT2D eigenvalue weighted by atomic mass is 16.7. The average Bonchev–Trinajstić information content (AvgIpc) is 2.37. The van der Waals surface area contributed by atoms with Crippen molar-refractivity contribution in [3.63, 3.8) is 0 Å². The van der Waals surface area contributed by atoms with Crippen molar-refractivity contribution in [1.29, 1.82) is 0 Å². The van der Waals surface area contributed by atoms with Crippen LogP contribution in [0.4, 0.5) is 5.69 Å². The Bertz CT molecular complexity index is 351. The van der Waals surface area contributed by atoms with E-state index in [0.717, 1.165) is 37.4 Å². The van der Waals surface area contributed by atoms with Crippen molar-refractivity contribution in [2.24, 2.45) is 5.73 Å². The van der Waals surface area contributed by atoms with Crippen LogP contribution >= 0.6 is 0 Å². The van der Waals surface area contributed by atoms with Gasteiger partial charge in [0, 0.05) is 32.3 Å². The predicted molar refractivity (Wildman–Crippen MR) is 66.2 cm³/mol. The number of pyridine rings is 1. The highest BCUT2D eigenvalue weighted by Crippen LogP contribution is 2.22. The second-order valence-electron chi connectivity index (χ2n) is 4.25. The van der Waals surface area contributed by atoms with Gasteiger partial charge in [-0.05, 0) is 12.8 Å². The number of ether oxygens (including phenoxy) is 2. The normalized spacial score (nSPS) is 17.2. The Morgan fingerprint density at radius 2 is 2.18 bits per heavy atom. The third-order valence-corrected chi connectivity index (χ3v) is 2.95. The largest absolute Gasteiger partial charge is 0.466 e. The lowest BCUT2D eigenvalue weighted by atomic mass is 10.1. The number of methoxy groups -OCH3 is 1. The molecule has 0 atom stereocenters. The predicted octanol–water partition coefficient (Wildman–Crippen LogP) is 0.992. The maximum Gasteiger partial charge on any atom is 0.188 e. The Morgan fingerprint density at radius 3 is 2.88 bits per heavy atom. The summed E-state index contributed by atoms with van der Waals surface area (Å²) in [6.45, 7) is 2.21. The van der Waals surface area contributed by atoms with Gasteiger partial charge in [0.05, 0.1) is 18.1 Å². The van der Waals surface area contributed by atoms with E-state index in [0.29, 0.717) is 6.04 Å². The van der Waals surface area contributed by atoms with Crippen molar-refractivity contribution in [3.8, 4) is 5.75 Å². The Hall–Kier alpha value is -1.33. The summed E-state index contributed by atoms with van der Waals surface area (Å²) in [5.41, 5.74) is 6.98. The monoisotopic (exact) mass is 237 g/mol. The molecule has 0 saturated carbocycles. The van der Waals surface area contributed by atoms with Gasteiger partial charge in [0.2, 0.25) is 0 Å². The van der Waals surface area contributed by atoms with E-state index in [2.05, 4.69) is 9.88 Å². The summed E-state index contributed by atoms with van der Waals surface area (Å²) in [5.74, 6) is 0.735. The number of hydrogen-bond acceptors (Lipinski definition) is 5. The number of piperidine rings is 1. The van der Waals surface area contributed by atoms with Gasteiger partial charge in [-0.1, -0.05) is 0 Å². The lowest BCUT2D eigenvalue weighted by molar-refractivity contribution is 0.0509. The molecule has 1 aliphatic rings. The van der Waals surface area contributed by atoms with Crippen molar-refractivity contribution in [2.75, 3.05) is 31.9 Å². The number of rotatable bonds is 4. The fraction of sp³-hybridized carbons (Fsp3) is 0.583. The van der Waals surface area contributed by atoms with E-state index in [-0.39, 0.29) is 6.79 Å². The summed E-state index contributed by atoms with van der Waals surface area (Å²) in [6, 6.07) is 2.33. The zero-order chi connectivity index (χ0) is 12.1. The molecular formula is C12H19N3O2. The van der Waals surface area contributed by atoms with Gasteiger partial charge in [-0.2, -0.15) is 0 Å². The molecule has 2 N–H and O–H groups in total. The molecule has 0 unspecified atom stereocenters. The molecule has 5 heteroatoms. The molecule has 1 saturated heterocycles. The number of nitrogens with zero attached hydrogens (tertiary/aromatic N) is 2. The fourth-order valence-corrected chi connectivity index (χ4v) is 1.94. The smallest absolute Gasteiger partial charge is 0.188 e. The van der Waals surface area contributed by atoms with Crippen molar-refractivity contribution in [1.82, 2.24) is 4.98 Å². The van der Waals surface area contributed by atoms with Crippen LogP contribution < -0.4 is 15.4 Å². The van der Waals surface area contributed by atoms with Gasteiger partial charge in [0.25, 0.3) is 0 Å². The molecule has 1 aliphatic heterocycles. The highest BCUT2D eigenvalue weighted by molar-refractivity contribution is 5.48. The van der Waals surface area contributed by atoms with E-state index in [4.69, 9.17) is 15.2 Å². The quantitative estimate of drug-likeness (QED) is 0.791. The molecule has 1 aromatic heterocycles. The zero-order valence-corrected chi connectivity index (χ0v) is 10.1. The van der Waals surface area contributed by atoms with E-state index < -0.39 is 0 Å². The molecule has 0 amide bonds. The van der Waals surface area contributed by atoms with Gasteiger partial charge < -0.3 is 20.1 Å². The number of nitrogens with two attached hydrogens (primary N) is 1. The number of anilines is 1. The SMILES string of the molecule is COCOc1cncc(N2CCC(N)CC2)c1. The maximum absolute atomic E-state index is 5.89. The summed E-state index contributed by atoms with van der Waals surface area (Å²) in [7, 11) is 1.60. The second kappa shape index (κ2) is 5.84. The third kappa shape index (κ3) is 3.31. The molecule has 17 heavy (non-hydrogen) atoms. The summed E-state index contributed by atoms with van der Waals surface area (Å²) < 4.78 is 10.2. The van der Waals surface area contributed by atoms with Gasteiger partial charge in [-0.25, -0.2) is 0 Å². The van der Waals surface area contributed by atoms with Crippen molar-refractivity contribution < 1.29 is 9.47 Å². The van der Waals surface area contributed by atoms with Gasteiger partial charge in [-0.3, -0.25) is 4.98 Å². The van der Waals surface area contributed by atoms with Crippen molar-refractivity contribution in [2.45, 2.75) is 18.9 Å². The van der Waals surface area contributed by atoms with Gasteiger partial charge >= 0.3 is 0 Å². The molecule has 0 aromatic carbocycles.